The Bertz CT molecular complexity index is 303. The van der Waals surface area contributed by atoms with Gasteiger partial charge < -0.3 is 4.74 Å². The van der Waals surface area contributed by atoms with Crippen molar-refractivity contribution in [1.82, 2.24) is 0 Å². The van der Waals surface area contributed by atoms with Crippen LogP contribution in [-0.4, -0.2) is 14.0 Å². The first kappa shape index (κ1) is 13.6. The third-order valence-electron chi connectivity index (χ3n) is 2.52. The number of halogens is 1. The van der Waals surface area contributed by atoms with E-state index < -0.39 is 7.38 Å². The summed E-state index contributed by atoms with van der Waals surface area (Å²) in [6.45, 7) is 7.27. The van der Waals surface area contributed by atoms with Crippen LogP contribution in [-0.2, 0) is 6.42 Å². The van der Waals surface area contributed by atoms with Crippen LogP contribution in [0, 0.1) is 0 Å². The average molecular weight is 257 g/mol. The molecule has 16 heavy (non-hydrogen) atoms. The summed E-state index contributed by atoms with van der Waals surface area (Å²) in [6.07, 6.45) is 2.13. The van der Waals surface area contributed by atoms with Crippen LogP contribution in [0.3, 0.4) is 0 Å². The van der Waals surface area contributed by atoms with Gasteiger partial charge in [0.15, 0.2) is 7.38 Å². The summed E-state index contributed by atoms with van der Waals surface area (Å²) in [7, 11) is -1.42. The van der Waals surface area contributed by atoms with Crippen LogP contribution in [0.2, 0.25) is 19.1 Å². The fourth-order valence-electron chi connectivity index (χ4n) is 1.50. The Labute approximate surface area is 104 Å². The molecule has 0 aliphatic rings. The summed E-state index contributed by atoms with van der Waals surface area (Å²) < 4.78 is 5.66. The molecule has 1 nitrogen and oxygen atoms in total. The highest BCUT2D eigenvalue weighted by Crippen LogP contribution is 2.17. The van der Waals surface area contributed by atoms with Gasteiger partial charge >= 0.3 is 0 Å². The van der Waals surface area contributed by atoms with E-state index in [1.165, 1.54) is 5.56 Å². The molecule has 0 fully saturated rings. The van der Waals surface area contributed by atoms with Gasteiger partial charge in [0, 0.05) is 0 Å². The quantitative estimate of drug-likeness (QED) is 0.415. The summed E-state index contributed by atoms with van der Waals surface area (Å²) in [6, 6.07) is 9.44. The Morgan fingerprint density at radius 1 is 1.19 bits per heavy atom. The van der Waals surface area contributed by atoms with Crippen LogP contribution < -0.4 is 4.74 Å². The zero-order valence-corrected chi connectivity index (χ0v) is 12.2. The van der Waals surface area contributed by atoms with E-state index in [1.54, 1.807) is 0 Å². The number of rotatable bonds is 6. The van der Waals surface area contributed by atoms with E-state index in [0.717, 1.165) is 31.2 Å². The van der Waals surface area contributed by atoms with Gasteiger partial charge in [-0.1, -0.05) is 32.2 Å². The maximum Gasteiger partial charge on any atom is 0.150 e. The van der Waals surface area contributed by atoms with Crippen LogP contribution in [0.25, 0.3) is 0 Å². The highest BCUT2D eigenvalue weighted by molar-refractivity contribution is 7.19. The fraction of sp³-hybridized carbons (Fsp3) is 0.538. The van der Waals surface area contributed by atoms with E-state index in [0.29, 0.717) is 0 Å². The van der Waals surface area contributed by atoms with Crippen LogP contribution in [0.5, 0.6) is 5.75 Å². The summed E-state index contributed by atoms with van der Waals surface area (Å²) in [5, 5.41) is 0. The predicted molar refractivity (Wildman–Crippen MR) is 74.1 cm³/mol. The standard InChI is InChI=1S/C13H21ClOSi/c1-4-12-6-8-13(9-7-12)15-10-5-11-16(2,3)14/h6-9H,4-5,10-11H2,1-3H3. The zero-order valence-electron chi connectivity index (χ0n) is 10.4. The third kappa shape index (κ3) is 5.57. The molecule has 0 unspecified atom stereocenters. The van der Waals surface area contributed by atoms with Gasteiger partial charge in [-0.3, -0.25) is 0 Å². The minimum atomic E-state index is -1.42. The molecule has 0 heterocycles. The highest BCUT2D eigenvalue weighted by atomic mass is 35.6. The van der Waals surface area contributed by atoms with E-state index >= 15 is 0 Å². The van der Waals surface area contributed by atoms with Crippen LogP contribution in [0.4, 0.5) is 0 Å². The molecule has 0 saturated carbocycles. The van der Waals surface area contributed by atoms with Crippen LogP contribution >= 0.6 is 11.1 Å². The molecule has 1 aromatic carbocycles. The first-order valence-electron chi connectivity index (χ1n) is 5.92. The lowest BCUT2D eigenvalue weighted by atomic mass is 10.2. The smallest absolute Gasteiger partial charge is 0.150 e. The van der Waals surface area contributed by atoms with Crippen molar-refractivity contribution >= 4 is 18.5 Å². The van der Waals surface area contributed by atoms with E-state index in [4.69, 9.17) is 15.8 Å². The zero-order chi connectivity index (χ0) is 12.0. The molecule has 1 aromatic rings. The second kappa shape index (κ2) is 6.31. The fourth-order valence-corrected chi connectivity index (χ4v) is 2.89. The second-order valence-electron chi connectivity index (χ2n) is 4.67. The Morgan fingerprint density at radius 2 is 1.81 bits per heavy atom. The van der Waals surface area contributed by atoms with E-state index in [2.05, 4.69) is 32.2 Å². The van der Waals surface area contributed by atoms with Gasteiger partial charge in [0.05, 0.1) is 6.61 Å². The van der Waals surface area contributed by atoms with Crippen molar-refractivity contribution in [3.63, 3.8) is 0 Å². The van der Waals surface area contributed by atoms with Crippen LogP contribution in [0.15, 0.2) is 24.3 Å². The van der Waals surface area contributed by atoms with Crippen molar-refractivity contribution in [2.24, 2.45) is 0 Å². The predicted octanol–water partition coefficient (Wildman–Crippen LogP) is 4.46. The number of hydrogen-bond donors (Lipinski definition) is 0. The molecule has 0 N–H and O–H groups in total. The molecule has 0 saturated heterocycles. The van der Waals surface area contributed by atoms with Gasteiger partial charge in [-0.2, -0.15) is 11.1 Å². The summed E-state index contributed by atoms with van der Waals surface area (Å²) >= 11 is 6.24. The highest BCUT2D eigenvalue weighted by Gasteiger charge is 2.15. The van der Waals surface area contributed by atoms with Crippen LogP contribution in [0.1, 0.15) is 18.9 Å². The monoisotopic (exact) mass is 256 g/mol. The summed E-state index contributed by atoms with van der Waals surface area (Å²) in [5.74, 6) is 0.964. The molecule has 0 aliphatic carbocycles. The van der Waals surface area contributed by atoms with Gasteiger partial charge in [-0.05, 0) is 36.6 Å². The molecule has 0 amide bonds. The average Bonchev–Trinajstić information content (AvgIpc) is 2.24. The Kier molecular flexibility index (Phi) is 5.36. The molecule has 0 radical (unpaired) electrons. The maximum atomic E-state index is 6.24. The number of hydrogen-bond acceptors (Lipinski definition) is 1. The minimum Gasteiger partial charge on any atom is -0.494 e. The SMILES string of the molecule is CCc1ccc(OCCC[Si](C)(C)Cl)cc1. The van der Waals surface area contributed by atoms with Crippen molar-refractivity contribution in [2.45, 2.75) is 38.9 Å². The van der Waals surface area contributed by atoms with Crippen molar-refractivity contribution < 1.29 is 4.74 Å². The first-order chi connectivity index (χ1) is 7.51. The van der Waals surface area contributed by atoms with Gasteiger partial charge in [0.25, 0.3) is 0 Å². The van der Waals surface area contributed by atoms with Crippen molar-refractivity contribution in [3.05, 3.63) is 29.8 Å². The van der Waals surface area contributed by atoms with E-state index in [1.807, 2.05) is 12.1 Å². The molecule has 0 bridgehead atoms. The van der Waals surface area contributed by atoms with Crippen molar-refractivity contribution in [1.29, 1.82) is 0 Å². The van der Waals surface area contributed by atoms with Crippen molar-refractivity contribution in [3.8, 4) is 5.75 Å². The molecule has 0 spiro atoms. The normalized spacial score (nSPS) is 11.5. The van der Waals surface area contributed by atoms with Crippen molar-refractivity contribution in [2.75, 3.05) is 6.61 Å². The molecule has 0 aromatic heterocycles. The molecular weight excluding hydrogens is 236 g/mol. The van der Waals surface area contributed by atoms with E-state index in [-0.39, 0.29) is 0 Å². The molecular formula is C13H21ClOSi. The Balaban J connectivity index is 2.27. The molecule has 90 valence electrons. The topological polar surface area (TPSA) is 9.23 Å². The minimum absolute atomic E-state index is 0.772. The summed E-state index contributed by atoms with van der Waals surface area (Å²) in [4.78, 5) is 0. The summed E-state index contributed by atoms with van der Waals surface area (Å²) in [5.41, 5.74) is 1.35. The number of ether oxygens (including phenoxy) is 1. The lowest BCUT2D eigenvalue weighted by molar-refractivity contribution is 0.317. The lowest BCUT2D eigenvalue weighted by Gasteiger charge is -2.12. The van der Waals surface area contributed by atoms with Gasteiger partial charge in [0.2, 0.25) is 0 Å². The van der Waals surface area contributed by atoms with E-state index in [9.17, 15) is 0 Å². The molecule has 0 atom stereocenters. The maximum absolute atomic E-state index is 6.24. The Morgan fingerprint density at radius 3 is 2.31 bits per heavy atom. The molecule has 0 aliphatic heterocycles. The number of aryl methyl sites for hydroxylation is 1. The first-order valence-corrected chi connectivity index (χ1v) is 10.1. The number of benzene rings is 1. The Hall–Kier alpha value is -0.473. The lowest BCUT2D eigenvalue weighted by Crippen LogP contribution is -2.16. The largest absolute Gasteiger partial charge is 0.494 e. The second-order valence-corrected chi connectivity index (χ2v) is 11.7. The molecule has 1 rings (SSSR count). The third-order valence-corrected chi connectivity index (χ3v) is 4.63. The van der Waals surface area contributed by atoms with Gasteiger partial charge in [-0.15, -0.1) is 0 Å². The van der Waals surface area contributed by atoms with Gasteiger partial charge in [-0.25, -0.2) is 0 Å². The molecule has 3 heteroatoms. The van der Waals surface area contributed by atoms with Gasteiger partial charge in [0.1, 0.15) is 5.75 Å².